The molecular weight excluding hydrogens is 218 g/mol. The van der Waals surface area contributed by atoms with E-state index in [1.54, 1.807) is 6.20 Å². The van der Waals surface area contributed by atoms with Crippen LogP contribution in [0.25, 0.3) is 0 Å². The Kier molecular flexibility index (Phi) is 5.51. The molecule has 0 radical (unpaired) electrons. The first kappa shape index (κ1) is 13.7. The molecule has 94 valence electrons. The second-order valence-corrected chi connectivity index (χ2v) is 9.24. The van der Waals surface area contributed by atoms with Gasteiger partial charge in [0.05, 0.1) is 18.8 Å². The summed E-state index contributed by atoms with van der Waals surface area (Å²) in [5.74, 6) is 0. The summed E-state index contributed by atoms with van der Waals surface area (Å²) in [4.78, 5) is 0. The van der Waals surface area contributed by atoms with E-state index in [1.165, 1.54) is 6.04 Å². The highest BCUT2D eigenvalue weighted by Gasteiger charge is 2.31. The predicted molar refractivity (Wildman–Crippen MR) is 70.0 cm³/mol. The molecule has 0 aromatic rings. The average molecular weight is 243 g/mol. The van der Waals surface area contributed by atoms with Gasteiger partial charge in [-0.05, 0) is 38.2 Å². The first-order valence-corrected chi connectivity index (χ1v) is 9.33. The van der Waals surface area contributed by atoms with Gasteiger partial charge in [-0.3, -0.25) is 0 Å². The Morgan fingerprint density at radius 1 is 1.56 bits per heavy atom. The van der Waals surface area contributed by atoms with Crippen LogP contribution in [0.3, 0.4) is 0 Å². The van der Waals surface area contributed by atoms with Gasteiger partial charge in [0.25, 0.3) is 0 Å². The van der Waals surface area contributed by atoms with Gasteiger partial charge in [0.2, 0.25) is 0 Å². The van der Waals surface area contributed by atoms with Gasteiger partial charge in [-0.2, -0.15) is 0 Å². The van der Waals surface area contributed by atoms with Crippen molar-refractivity contribution in [2.24, 2.45) is 0 Å². The topological polar surface area (TPSA) is 30.5 Å². The van der Waals surface area contributed by atoms with Crippen molar-refractivity contribution in [1.82, 2.24) is 5.32 Å². The highest BCUT2D eigenvalue weighted by Crippen LogP contribution is 2.21. The molecule has 0 spiro atoms. The summed E-state index contributed by atoms with van der Waals surface area (Å²) < 4.78 is 11.9. The molecule has 1 N–H and O–H groups in total. The normalized spacial score (nSPS) is 27.6. The van der Waals surface area contributed by atoms with E-state index in [0.717, 1.165) is 19.4 Å². The quantitative estimate of drug-likeness (QED) is 0.770. The highest BCUT2D eigenvalue weighted by atomic mass is 28.4. The van der Waals surface area contributed by atoms with Crippen molar-refractivity contribution < 1.29 is 9.16 Å². The molecule has 1 heterocycles. The lowest BCUT2D eigenvalue weighted by Gasteiger charge is -2.36. The van der Waals surface area contributed by atoms with Gasteiger partial charge in [0.1, 0.15) is 0 Å². The van der Waals surface area contributed by atoms with Crippen molar-refractivity contribution in [2.75, 3.05) is 13.2 Å². The molecule has 0 saturated carbocycles. The SMILES string of the molecule is C=CNC(CC)C1COCCC[Si](C)(C)O1. The number of hydrogen-bond acceptors (Lipinski definition) is 3. The minimum atomic E-state index is -1.50. The van der Waals surface area contributed by atoms with Gasteiger partial charge in [-0.1, -0.05) is 13.5 Å². The van der Waals surface area contributed by atoms with Crippen molar-refractivity contribution in [1.29, 1.82) is 0 Å². The molecule has 0 aromatic carbocycles. The van der Waals surface area contributed by atoms with Crippen LogP contribution >= 0.6 is 0 Å². The first-order valence-electron chi connectivity index (χ1n) is 6.21. The zero-order chi connectivity index (χ0) is 12.0. The number of hydrogen-bond donors (Lipinski definition) is 1. The van der Waals surface area contributed by atoms with Crippen molar-refractivity contribution in [3.8, 4) is 0 Å². The molecule has 1 rings (SSSR count). The summed E-state index contributed by atoms with van der Waals surface area (Å²) in [6.45, 7) is 12.1. The van der Waals surface area contributed by atoms with Crippen LogP contribution in [-0.2, 0) is 9.16 Å². The molecule has 2 atom stereocenters. The second kappa shape index (κ2) is 6.42. The molecule has 3 nitrogen and oxygen atoms in total. The zero-order valence-electron chi connectivity index (χ0n) is 10.8. The summed E-state index contributed by atoms with van der Waals surface area (Å²) in [5.41, 5.74) is 0. The fourth-order valence-electron chi connectivity index (χ4n) is 2.14. The molecule has 2 unspecified atom stereocenters. The van der Waals surface area contributed by atoms with E-state index in [9.17, 15) is 0 Å². The Morgan fingerprint density at radius 2 is 2.31 bits per heavy atom. The van der Waals surface area contributed by atoms with E-state index in [-0.39, 0.29) is 6.10 Å². The van der Waals surface area contributed by atoms with Crippen LogP contribution in [0.5, 0.6) is 0 Å². The molecule has 1 saturated heterocycles. The van der Waals surface area contributed by atoms with E-state index in [1.807, 2.05) is 0 Å². The number of nitrogens with one attached hydrogen (secondary N) is 1. The van der Waals surface area contributed by atoms with Gasteiger partial charge in [0, 0.05) is 6.61 Å². The van der Waals surface area contributed by atoms with Crippen LogP contribution in [0.2, 0.25) is 19.1 Å². The lowest BCUT2D eigenvalue weighted by molar-refractivity contribution is 0.0184. The lowest BCUT2D eigenvalue weighted by atomic mass is 10.1. The predicted octanol–water partition coefficient (Wildman–Crippen LogP) is 2.51. The van der Waals surface area contributed by atoms with E-state index < -0.39 is 8.32 Å². The first-order chi connectivity index (χ1) is 7.59. The Labute approximate surface area is 100 Å². The molecule has 1 fully saturated rings. The van der Waals surface area contributed by atoms with Gasteiger partial charge in [0.15, 0.2) is 8.32 Å². The smallest absolute Gasteiger partial charge is 0.187 e. The Balaban J connectivity index is 2.62. The zero-order valence-corrected chi connectivity index (χ0v) is 11.8. The highest BCUT2D eigenvalue weighted by molar-refractivity contribution is 6.71. The molecule has 0 amide bonds. The number of rotatable bonds is 4. The Hall–Kier alpha value is -0.323. The van der Waals surface area contributed by atoms with E-state index in [0.29, 0.717) is 12.6 Å². The standard InChI is InChI=1S/C12H25NO2Si/c1-5-11(13-6-2)12-10-14-8-7-9-16(3,4)15-12/h6,11-13H,2,5,7-10H2,1,3-4H3. The second-order valence-electron chi connectivity index (χ2n) is 4.98. The van der Waals surface area contributed by atoms with Crippen LogP contribution in [0.1, 0.15) is 19.8 Å². The number of ether oxygens (including phenoxy) is 1. The maximum atomic E-state index is 6.29. The molecule has 0 bridgehead atoms. The van der Waals surface area contributed by atoms with Gasteiger partial charge in [-0.25, -0.2) is 0 Å². The van der Waals surface area contributed by atoms with Gasteiger partial charge in [-0.15, -0.1) is 0 Å². The third-order valence-corrected chi connectivity index (χ3v) is 5.54. The Bertz CT molecular complexity index is 221. The van der Waals surface area contributed by atoms with Crippen LogP contribution < -0.4 is 5.32 Å². The summed E-state index contributed by atoms with van der Waals surface area (Å²) in [6, 6.07) is 1.51. The van der Waals surface area contributed by atoms with Crippen LogP contribution in [-0.4, -0.2) is 33.7 Å². The fraction of sp³-hybridized carbons (Fsp3) is 0.833. The minimum Gasteiger partial charge on any atom is -0.410 e. The lowest BCUT2D eigenvalue weighted by Crippen LogP contribution is -2.48. The fourth-order valence-corrected chi connectivity index (χ4v) is 4.31. The minimum absolute atomic E-state index is 0.171. The molecule has 4 heteroatoms. The van der Waals surface area contributed by atoms with E-state index in [2.05, 4.69) is 31.9 Å². The molecule has 16 heavy (non-hydrogen) atoms. The summed E-state index contributed by atoms with van der Waals surface area (Å²) in [6.07, 6.45) is 4.09. The van der Waals surface area contributed by atoms with Crippen molar-refractivity contribution >= 4 is 8.32 Å². The van der Waals surface area contributed by atoms with Crippen molar-refractivity contribution in [3.05, 3.63) is 12.8 Å². The monoisotopic (exact) mass is 243 g/mol. The summed E-state index contributed by atoms with van der Waals surface area (Å²) in [5, 5.41) is 3.27. The molecule has 0 aliphatic carbocycles. The molecular formula is C12H25NO2Si. The van der Waals surface area contributed by atoms with Crippen LogP contribution in [0.4, 0.5) is 0 Å². The molecule has 0 aromatic heterocycles. The van der Waals surface area contributed by atoms with Crippen molar-refractivity contribution in [2.45, 2.75) is 51.0 Å². The summed E-state index contributed by atoms with van der Waals surface area (Å²) in [7, 11) is -1.50. The maximum absolute atomic E-state index is 6.29. The average Bonchev–Trinajstić information content (AvgIpc) is 2.21. The third kappa shape index (κ3) is 4.27. The third-order valence-electron chi connectivity index (χ3n) is 3.04. The summed E-state index contributed by atoms with van der Waals surface area (Å²) >= 11 is 0. The van der Waals surface area contributed by atoms with Crippen molar-refractivity contribution in [3.63, 3.8) is 0 Å². The van der Waals surface area contributed by atoms with Crippen LogP contribution in [0, 0.1) is 0 Å². The maximum Gasteiger partial charge on any atom is 0.187 e. The van der Waals surface area contributed by atoms with Crippen LogP contribution in [0.15, 0.2) is 12.8 Å². The van der Waals surface area contributed by atoms with Gasteiger partial charge >= 0.3 is 0 Å². The molecule has 1 aliphatic rings. The largest absolute Gasteiger partial charge is 0.410 e. The van der Waals surface area contributed by atoms with E-state index in [4.69, 9.17) is 9.16 Å². The molecule has 1 aliphatic heterocycles. The Morgan fingerprint density at radius 3 is 2.94 bits per heavy atom. The van der Waals surface area contributed by atoms with Gasteiger partial charge < -0.3 is 14.5 Å². The van der Waals surface area contributed by atoms with E-state index >= 15 is 0 Å².